The number of aromatic nitrogens is 1. The lowest BCUT2D eigenvalue weighted by Crippen LogP contribution is -2.35. The molecule has 112 valence electrons. The Labute approximate surface area is 124 Å². The summed E-state index contributed by atoms with van der Waals surface area (Å²) >= 11 is 1.59. The second-order valence-corrected chi connectivity index (χ2v) is 6.84. The SMILES string of the molecule is CC(C)C1CCCCC1Nc1nc(CCC(=O)O)cs1. The molecule has 2 atom stereocenters. The average Bonchev–Trinajstić information content (AvgIpc) is 2.84. The molecule has 1 aliphatic rings. The normalized spacial score (nSPS) is 22.9. The Morgan fingerprint density at radius 3 is 2.95 bits per heavy atom. The Morgan fingerprint density at radius 2 is 2.25 bits per heavy atom. The van der Waals surface area contributed by atoms with Crippen LogP contribution in [0.15, 0.2) is 5.38 Å². The first-order valence-corrected chi connectivity index (χ1v) is 8.37. The standard InChI is InChI=1S/C15H24N2O2S/c1-10(2)12-5-3-4-6-13(12)17-15-16-11(9-20-15)7-8-14(18)19/h9-10,12-13H,3-8H2,1-2H3,(H,16,17)(H,18,19). The third-order valence-corrected chi connectivity index (χ3v) is 4.95. The molecule has 20 heavy (non-hydrogen) atoms. The predicted octanol–water partition coefficient (Wildman–Crippen LogP) is 3.79. The summed E-state index contributed by atoms with van der Waals surface area (Å²) in [5.74, 6) is 0.647. The van der Waals surface area contributed by atoms with Gasteiger partial charge >= 0.3 is 5.97 Å². The number of nitrogens with zero attached hydrogens (tertiary/aromatic N) is 1. The molecule has 1 aromatic heterocycles. The number of nitrogens with one attached hydrogen (secondary N) is 1. The van der Waals surface area contributed by atoms with Gasteiger partial charge < -0.3 is 10.4 Å². The maximum absolute atomic E-state index is 10.6. The molecular weight excluding hydrogens is 272 g/mol. The fraction of sp³-hybridized carbons (Fsp3) is 0.733. The molecule has 0 bridgehead atoms. The minimum Gasteiger partial charge on any atom is -0.481 e. The van der Waals surface area contributed by atoms with Crippen molar-refractivity contribution in [2.75, 3.05) is 5.32 Å². The highest BCUT2D eigenvalue weighted by Crippen LogP contribution is 2.33. The van der Waals surface area contributed by atoms with Gasteiger partial charge in [0.15, 0.2) is 5.13 Å². The highest BCUT2D eigenvalue weighted by Gasteiger charge is 2.27. The van der Waals surface area contributed by atoms with E-state index in [0.717, 1.165) is 16.7 Å². The summed E-state index contributed by atoms with van der Waals surface area (Å²) in [5, 5.41) is 15.2. The Bertz CT molecular complexity index is 445. The van der Waals surface area contributed by atoms with Crippen LogP contribution in [0.25, 0.3) is 0 Å². The van der Waals surface area contributed by atoms with Gasteiger partial charge in [0.1, 0.15) is 0 Å². The Morgan fingerprint density at radius 1 is 1.50 bits per heavy atom. The molecule has 0 spiro atoms. The van der Waals surface area contributed by atoms with Gasteiger partial charge in [0, 0.05) is 17.8 Å². The molecule has 1 saturated carbocycles. The number of carboxylic acids is 1. The minimum atomic E-state index is -0.764. The van der Waals surface area contributed by atoms with E-state index in [1.165, 1.54) is 25.7 Å². The Hall–Kier alpha value is -1.10. The maximum Gasteiger partial charge on any atom is 0.303 e. The quantitative estimate of drug-likeness (QED) is 0.838. The average molecular weight is 296 g/mol. The molecule has 0 radical (unpaired) electrons. The largest absolute Gasteiger partial charge is 0.481 e. The number of aryl methyl sites for hydroxylation is 1. The molecule has 0 aliphatic heterocycles. The van der Waals surface area contributed by atoms with E-state index in [2.05, 4.69) is 24.1 Å². The monoisotopic (exact) mass is 296 g/mol. The number of aliphatic carboxylic acids is 1. The van der Waals surface area contributed by atoms with Gasteiger partial charge in [0.25, 0.3) is 0 Å². The zero-order chi connectivity index (χ0) is 14.5. The lowest BCUT2D eigenvalue weighted by molar-refractivity contribution is -0.136. The molecular formula is C15H24N2O2S. The predicted molar refractivity (Wildman–Crippen MR) is 82.3 cm³/mol. The van der Waals surface area contributed by atoms with Crippen LogP contribution >= 0.6 is 11.3 Å². The van der Waals surface area contributed by atoms with Gasteiger partial charge in [-0.25, -0.2) is 4.98 Å². The zero-order valence-electron chi connectivity index (χ0n) is 12.3. The summed E-state index contributed by atoms with van der Waals surface area (Å²) in [6, 6.07) is 0.516. The van der Waals surface area contributed by atoms with Crippen LogP contribution in [0.1, 0.15) is 51.6 Å². The molecule has 2 N–H and O–H groups in total. The first-order chi connectivity index (χ1) is 9.56. The molecule has 1 heterocycles. The molecule has 0 aromatic carbocycles. The first kappa shape index (κ1) is 15.3. The lowest BCUT2D eigenvalue weighted by Gasteiger charge is -2.34. The van der Waals surface area contributed by atoms with Crippen molar-refractivity contribution in [3.63, 3.8) is 0 Å². The van der Waals surface area contributed by atoms with Crippen molar-refractivity contribution in [3.05, 3.63) is 11.1 Å². The second kappa shape index (κ2) is 7.07. The van der Waals surface area contributed by atoms with E-state index >= 15 is 0 Å². The van der Waals surface area contributed by atoms with Crippen LogP contribution in [0.2, 0.25) is 0 Å². The van der Waals surface area contributed by atoms with Crippen LogP contribution in [0.5, 0.6) is 0 Å². The fourth-order valence-corrected chi connectivity index (χ4v) is 3.83. The lowest BCUT2D eigenvalue weighted by atomic mass is 9.78. The van der Waals surface area contributed by atoms with Gasteiger partial charge in [-0.05, 0) is 24.7 Å². The van der Waals surface area contributed by atoms with Crippen LogP contribution in [-0.2, 0) is 11.2 Å². The molecule has 0 saturated heterocycles. The molecule has 1 aromatic rings. The summed E-state index contributed by atoms with van der Waals surface area (Å²) in [5.41, 5.74) is 0.886. The van der Waals surface area contributed by atoms with E-state index in [4.69, 9.17) is 5.11 Å². The Balaban J connectivity index is 1.93. The van der Waals surface area contributed by atoms with Crippen LogP contribution < -0.4 is 5.32 Å². The number of hydrogen-bond acceptors (Lipinski definition) is 4. The fourth-order valence-electron chi connectivity index (χ4n) is 3.02. The minimum absolute atomic E-state index is 0.154. The first-order valence-electron chi connectivity index (χ1n) is 7.49. The zero-order valence-corrected chi connectivity index (χ0v) is 13.1. The number of rotatable bonds is 6. The van der Waals surface area contributed by atoms with Crippen LogP contribution in [0, 0.1) is 11.8 Å². The summed E-state index contributed by atoms with van der Waals surface area (Å²) in [7, 11) is 0. The maximum atomic E-state index is 10.6. The smallest absolute Gasteiger partial charge is 0.303 e. The topological polar surface area (TPSA) is 62.2 Å². The second-order valence-electron chi connectivity index (χ2n) is 5.98. The molecule has 2 unspecified atom stereocenters. The Kier molecular flexibility index (Phi) is 5.40. The molecule has 5 heteroatoms. The molecule has 1 aliphatic carbocycles. The third-order valence-electron chi connectivity index (χ3n) is 4.13. The van der Waals surface area contributed by atoms with Gasteiger partial charge in [0.05, 0.1) is 12.1 Å². The van der Waals surface area contributed by atoms with Gasteiger partial charge in [-0.15, -0.1) is 11.3 Å². The van der Waals surface area contributed by atoms with Crippen molar-refractivity contribution in [2.24, 2.45) is 11.8 Å². The number of carbonyl (C=O) groups is 1. The summed E-state index contributed by atoms with van der Waals surface area (Å²) in [6.45, 7) is 4.59. The van der Waals surface area contributed by atoms with E-state index in [9.17, 15) is 4.79 Å². The molecule has 2 rings (SSSR count). The third kappa shape index (κ3) is 4.20. The number of carboxylic acid groups (broad SMARTS) is 1. The van der Waals surface area contributed by atoms with E-state index in [0.29, 0.717) is 18.4 Å². The molecule has 0 amide bonds. The number of thiazole rings is 1. The van der Waals surface area contributed by atoms with Gasteiger partial charge in [-0.2, -0.15) is 0 Å². The van der Waals surface area contributed by atoms with Gasteiger partial charge in [-0.1, -0.05) is 26.7 Å². The van der Waals surface area contributed by atoms with Gasteiger partial charge in [-0.3, -0.25) is 4.79 Å². The van der Waals surface area contributed by atoms with Crippen LogP contribution in [-0.4, -0.2) is 22.1 Å². The van der Waals surface area contributed by atoms with Crippen LogP contribution in [0.4, 0.5) is 5.13 Å². The number of anilines is 1. The van der Waals surface area contributed by atoms with E-state index in [1.54, 1.807) is 11.3 Å². The van der Waals surface area contributed by atoms with Gasteiger partial charge in [0.2, 0.25) is 0 Å². The van der Waals surface area contributed by atoms with Crippen LogP contribution in [0.3, 0.4) is 0 Å². The highest BCUT2D eigenvalue weighted by atomic mass is 32.1. The highest BCUT2D eigenvalue weighted by molar-refractivity contribution is 7.13. The van der Waals surface area contributed by atoms with E-state index < -0.39 is 5.97 Å². The van der Waals surface area contributed by atoms with E-state index in [1.807, 2.05) is 5.38 Å². The molecule has 4 nitrogen and oxygen atoms in total. The van der Waals surface area contributed by atoms with Crippen molar-refractivity contribution in [1.29, 1.82) is 0 Å². The van der Waals surface area contributed by atoms with Crippen molar-refractivity contribution in [3.8, 4) is 0 Å². The van der Waals surface area contributed by atoms with E-state index in [-0.39, 0.29) is 6.42 Å². The van der Waals surface area contributed by atoms with Crippen molar-refractivity contribution >= 4 is 22.4 Å². The summed E-state index contributed by atoms with van der Waals surface area (Å²) in [6.07, 6.45) is 5.81. The number of hydrogen-bond donors (Lipinski definition) is 2. The summed E-state index contributed by atoms with van der Waals surface area (Å²) in [4.78, 5) is 15.1. The van der Waals surface area contributed by atoms with Crippen molar-refractivity contribution in [1.82, 2.24) is 4.98 Å². The summed E-state index contributed by atoms with van der Waals surface area (Å²) < 4.78 is 0. The van der Waals surface area contributed by atoms with Crippen molar-refractivity contribution in [2.45, 2.75) is 58.4 Å². The molecule has 1 fully saturated rings. The van der Waals surface area contributed by atoms with Crippen molar-refractivity contribution < 1.29 is 9.90 Å².